The van der Waals surface area contributed by atoms with Crippen molar-refractivity contribution in [1.82, 2.24) is 4.98 Å². The predicted molar refractivity (Wildman–Crippen MR) is 86.9 cm³/mol. The van der Waals surface area contributed by atoms with E-state index in [0.717, 1.165) is 28.8 Å². The number of aromatic amines is 1. The second-order valence-corrected chi connectivity index (χ2v) is 5.26. The molecule has 1 heterocycles. The minimum atomic E-state index is -0.0259. The Bertz CT molecular complexity index is 825. The molecule has 1 aromatic heterocycles. The van der Waals surface area contributed by atoms with E-state index in [-0.39, 0.29) is 5.56 Å². The lowest BCUT2D eigenvalue weighted by molar-refractivity contribution is -0.686. The average molecular weight is 295 g/mol. The van der Waals surface area contributed by atoms with Crippen LogP contribution in [0.15, 0.2) is 59.4 Å². The minimum Gasteiger partial charge on any atom is -0.497 e. The number of hydrogen-bond donors (Lipinski definition) is 2. The van der Waals surface area contributed by atoms with E-state index in [9.17, 15) is 4.79 Å². The summed E-state index contributed by atoms with van der Waals surface area (Å²) < 4.78 is 5.23. The lowest BCUT2D eigenvalue weighted by Crippen LogP contribution is -2.81. The highest BCUT2D eigenvalue weighted by Gasteiger charge is 2.06. The smallest absolute Gasteiger partial charge is 0.257 e. The Labute approximate surface area is 128 Å². The second-order valence-electron chi connectivity index (χ2n) is 5.26. The number of benzene rings is 2. The van der Waals surface area contributed by atoms with Crippen LogP contribution in [0, 0.1) is 0 Å². The number of H-pyrrole nitrogens is 1. The van der Waals surface area contributed by atoms with E-state index in [4.69, 9.17) is 4.74 Å². The third kappa shape index (κ3) is 3.18. The molecule has 112 valence electrons. The Morgan fingerprint density at radius 3 is 2.64 bits per heavy atom. The van der Waals surface area contributed by atoms with Crippen molar-refractivity contribution in [2.45, 2.75) is 13.1 Å². The van der Waals surface area contributed by atoms with Crippen LogP contribution in [0.25, 0.3) is 10.9 Å². The van der Waals surface area contributed by atoms with Gasteiger partial charge in [-0.2, -0.15) is 0 Å². The summed E-state index contributed by atoms with van der Waals surface area (Å²) in [6, 6.07) is 17.8. The SMILES string of the molecule is COc1ccc2[nH]c(=O)c(C[NH2+]Cc3ccccc3)cc2c1. The number of methoxy groups -OCH3 is 1. The molecule has 0 unspecified atom stereocenters. The second kappa shape index (κ2) is 6.45. The van der Waals surface area contributed by atoms with E-state index in [1.807, 2.05) is 42.5 Å². The Morgan fingerprint density at radius 2 is 1.86 bits per heavy atom. The summed E-state index contributed by atoms with van der Waals surface area (Å²) in [5.74, 6) is 0.791. The Balaban J connectivity index is 1.78. The normalized spacial score (nSPS) is 10.8. The Kier molecular flexibility index (Phi) is 4.21. The number of rotatable bonds is 5. The summed E-state index contributed by atoms with van der Waals surface area (Å²) in [5, 5.41) is 3.12. The van der Waals surface area contributed by atoms with Gasteiger partial charge in [0.2, 0.25) is 0 Å². The molecule has 0 aliphatic heterocycles. The molecule has 4 heteroatoms. The van der Waals surface area contributed by atoms with E-state index >= 15 is 0 Å². The van der Waals surface area contributed by atoms with Crippen molar-refractivity contribution in [3.63, 3.8) is 0 Å². The van der Waals surface area contributed by atoms with E-state index < -0.39 is 0 Å². The van der Waals surface area contributed by atoms with Gasteiger partial charge in [-0.25, -0.2) is 0 Å². The summed E-state index contributed by atoms with van der Waals surface area (Å²) in [4.78, 5) is 15.1. The first-order chi connectivity index (χ1) is 10.8. The van der Waals surface area contributed by atoms with Crippen LogP contribution in [0.3, 0.4) is 0 Å². The molecule has 4 nitrogen and oxygen atoms in total. The van der Waals surface area contributed by atoms with Crippen LogP contribution in [0.2, 0.25) is 0 Å². The van der Waals surface area contributed by atoms with E-state index in [1.165, 1.54) is 5.56 Å². The average Bonchev–Trinajstić information content (AvgIpc) is 2.56. The number of pyridine rings is 1. The maximum atomic E-state index is 12.1. The van der Waals surface area contributed by atoms with E-state index in [2.05, 4.69) is 22.4 Å². The lowest BCUT2D eigenvalue weighted by Gasteiger charge is -2.05. The van der Waals surface area contributed by atoms with Gasteiger partial charge in [0.1, 0.15) is 18.8 Å². The number of hydrogen-bond acceptors (Lipinski definition) is 2. The fourth-order valence-corrected chi connectivity index (χ4v) is 2.52. The van der Waals surface area contributed by atoms with E-state index in [1.54, 1.807) is 7.11 Å². The molecule has 0 radical (unpaired) electrons. The molecular weight excluding hydrogens is 276 g/mol. The van der Waals surface area contributed by atoms with E-state index in [0.29, 0.717) is 6.54 Å². The first-order valence-corrected chi connectivity index (χ1v) is 7.32. The zero-order chi connectivity index (χ0) is 15.4. The molecule has 0 saturated heterocycles. The van der Waals surface area contributed by atoms with Crippen LogP contribution in [0.5, 0.6) is 5.75 Å². The van der Waals surface area contributed by atoms with Gasteiger partial charge < -0.3 is 15.0 Å². The first-order valence-electron chi connectivity index (χ1n) is 7.32. The molecule has 3 aromatic rings. The van der Waals surface area contributed by atoms with Crippen LogP contribution in [-0.2, 0) is 13.1 Å². The predicted octanol–water partition coefficient (Wildman–Crippen LogP) is 1.80. The maximum absolute atomic E-state index is 12.1. The van der Waals surface area contributed by atoms with Gasteiger partial charge in [0.15, 0.2) is 0 Å². The molecule has 0 bridgehead atoms. The Hall–Kier alpha value is -2.59. The van der Waals surface area contributed by atoms with Gasteiger partial charge in [-0.1, -0.05) is 30.3 Å². The third-order valence-electron chi connectivity index (χ3n) is 3.72. The summed E-state index contributed by atoms with van der Waals surface area (Å²) in [7, 11) is 1.64. The number of aromatic nitrogens is 1. The van der Waals surface area contributed by atoms with Crippen molar-refractivity contribution in [2.24, 2.45) is 0 Å². The molecular formula is C18H19N2O2+. The van der Waals surface area contributed by atoms with Gasteiger partial charge in [0.25, 0.3) is 5.56 Å². The summed E-state index contributed by atoms with van der Waals surface area (Å²) in [5.41, 5.74) is 2.83. The topological polar surface area (TPSA) is 58.7 Å². The van der Waals surface area contributed by atoms with Gasteiger partial charge in [-0.3, -0.25) is 4.79 Å². The fourth-order valence-electron chi connectivity index (χ4n) is 2.52. The van der Waals surface area contributed by atoms with Crippen molar-refractivity contribution >= 4 is 10.9 Å². The Morgan fingerprint density at radius 1 is 1.05 bits per heavy atom. The molecule has 0 spiro atoms. The molecule has 0 aliphatic carbocycles. The highest BCUT2D eigenvalue weighted by Crippen LogP contribution is 2.18. The highest BCUT2D eigenvalue weighted by atomic mass is 16.5. The number of ether oxygens (including phenoxy) is 1. The number of nitrogens with one attached hydrogen (secondary N) is 1. The summed E-state index contributed by atoms with van der Waals surface area (Å²) in [6.07, 6.45) is 0. The molecule has 3 N–H and O–H groups in total. The number of nitrogens with two attached hydrogens (primary N) is 1. The first kappa shape index (κ1) is 14.4. The monoisotopic (exact) mass is 295 g/mol. The van der Waals surface area contributed by atoms with Crippen LogP contribution >= 0.6 is 0 Å². The maximum Gasteiger partial charge on any atom is 0.257 e. The molecule has 0 fully saturated rings. The van der Waals surface area contributed by atoms with Gasteiger partial charge in [-0.15, -0.1) is 0 Å². The van der Waals surface area contributed by atoms with Crippen molar-refractivity contribution in [3.05, 3.63) is 76.1 Å². The van der Waals surface area contributed by atoms with Crippen LogP contribution in [0.1, 0.15) is 11.1 Å². The van der Waals surface area contributed by atoms with Gasteiger partial charge in [-0.05, 0) is 24.3 Å². The number of quaternary nitrogens is 1. The van der Waals surface area contributed by atoms with Crippen LogP contribution in [-0.4, -0.2) is 12.1 Å². The molecule has 0 aliphatic rings. The molecule has 22 heavy (non-hydrogen) atoms. The summed E-state index contributed by atoms with van der Waals surface area (Å²) in [6.45, 7) is 1.51. The van der Waals surface area contributed by atoms with Crippen molar-refractivity contribution in [3.8, 4) is 5.75 Å². The minimum absolute atomic E-state index is 0.0259. The van der Waals surface area contributed by atoms with Gasteiger partial charge in [0.05, 0.1) is 12.7 Å². The van der Waals surface area contributed by atoms with Gasteiger partial charge >= 0.3 is 0 Å². The lowest BCUT2D eigenvalue weighted by atomic mass is 10.1. The quantitative estimate of drug-likeness (QED) is 0.754. The van der Waals surface area contributed by atoms with Gasteiger partial charge in [0, 0.05) is 16.5 Å². The molecule has 0 amide bonds. The standard InChI is InChI=1S/C18H18N2O2/c1-22-16-7-8-17-14(10-16)9-15(18(21)20-17)12-19-11-13-5-3-2-4-6-13/h2-10,19H,11-12H2,1H3,(H,20,21)/p+1. The van der Waals surface area contributed by atoms with Crippen LogP contribution in [0.4, 0.5) is 0 Å². The van der Waals surface area contributed by atoms with Crippen LogP contribution < -0.4 is 15.6 Å². The third-order valence-corrected chi connectivity index (χ3v) is 3.72. The van der Waals surface area contributed by atoms with Crippen molar-refractivity contribution < 1.29 is 10.1 Å². The zero-order valence-electron chi connectivity index (χ0n) is 12.5. The van der Waals surface area contributed by atoms with Crippen molar-refractivity contribution in [1.29, 1.82) is 0 Å². The van der Waals surface area contributed by atoms with Crippen molar-refractivity contribution in [2.75, 3.05) is 7.11 Å². The molecule has 0 saturated carbocycles. The molecule has 3 rings (SSSR count). The summed E-state index contributed by atoms with van der Waals surface area (Å²) >= 11 is 0. The molecule has 2 aromatic carbocycles. The highest BCUT2D eigenvalue weighted by molar-refractivity contribution is 5.80. The molecule has 0 atom stereocenters. The fraction of sp³-hybridized carbons (Fsp3) is 0.167. The largest absolute Gasteiger partial charge is 0.497 e. The number of fused-ring (bicyclic) bond motifs is 1. The zero-order valence-corrected chi connectivity index (χ0v) is 12.5.